The monoisotopic (exact) mass is 312 g/mol. The van der Waals surface area contributed by atoms with Gasteiger partial charge < -0.3 is 25.8 Å². The Morgan fingerprint density at radius 3 is 2.86 bits per heavy atom. The number of hydrogen-bond donors (Lipinski definition) is 3. The van der Waals surface area contributed by atoms with E-state index in [-0.39, 0.29) is 11.9 Å². The summed E-state index contributed by atoms with van der Waals surface area (Å²) in [6.07, 6.45) is 0.286. The Morgan fingerprint density at radius 1 is 1.52 bits per heavy atom. The largest absolute Gasteiger partial charge is 0.409 e. The third kappa shape index (κ3) is 3.40. The maximum Gasteiger partial charge on any atom is 0.173 e. The third-order valence-electron chi connectivity index (χ3n) is 3.63. The molecule has 2 unspecified atom stereocenters. The van der Waals surface area contributed by atoms with Crippen LogP contribution < -0.4 is 10.6 Å². The van der Waals surface area contributed by atoms with Gasteiger partial charge in [0.1, 0.15) is 0 Å². The maximum atomic E-state index is 10.00. The molecule has 1 aromatic carbocycles. The number of nitrogens with zero attached hydrogens (tertiary/aromatic N) is 3. The fourth-order valence-electron chi connectivity index (χ4n) is 2.84. The molecule has 1 heterocycles. The highest BCUT2D eigenvalue weighted by Gasteiger charge is 2.33. The van der Waals surface area contributed by atoms with Crippen molar-refractivity contribution in [3.63, 3.8) is 0 Å². The SMILES string of the molecule is CN(C)CC1CC(O)CN1c1cccc(Cl)c1C(N)=NO. The third-order valence-corrected chi connectivity index (χ3v) is 3.95. The number of anilines is 1. The first-order valence-corrected chi connectivity index (χ1v) is 7.17. The number of halogens is 1. The number of likely N-dealkylation sites (N-methyl/N-ethyl adjacent to an activating group) is 1. The lowest BCUT2D eigenvalue weighted by Gasteiger charge is -2.30. The summed E-state index contributed by atoms with van der Waals surface area (Å²) in [5, 5.41) is 22.5. The Kier molecular flexibility index (Phi) is 4.92. The van der Waals surface area contributed by atoms with Crippen molar-refractivity contribution in [2.45, 2.75) is 18.6 Å². The second-order valence-electron chi connectivity index (χ2n) is 5.58. The number of nitrogens with two attached hydrogens (primary N) is 1. The van der Waals surface area contributed by atoms with E-state index in [9.17, 15) is 5.11 Å². The van der Waals surface area contributed by atoms with Gasteiger partial charge in [-0.3, -0.25) is 0 Å². The topological polar surface area (TPSA) is 85.3 Å². The second-order valence-corrected chi connectivity index (χ2v) is 5.98. The predicted octanol–water partition coefficient (Wildman–Crippen LogP) is 0.936. The summed E-state index contributed by atoms with van der Waals surface area (Å²) in [4.78, 5) is 4.15. The molecule has 1 fully saturated rings. The maximum absolute atomic E-state index is 10.00. The van der Waals surface area contributed by atoms with Crippen molar-refractivity contribution in [3.05, 3.63) is 28.8 Å². The van der Waals surface area contributed by atoms with Gasteiger partial charge >= 0.3 is 0 Å². The molecule has 4 N–H and O–H groups in total. The number of oxime groups is 1. The smallest absolute Gasteiger partial charge is 0.173 e. The fraction of sp³-hybridized carbons (Fsp3) is 0.500. The van der Waals surface area contributed by atoms with Crippen LogP contribution in [0.15, 0.2) is 23.4 Å². The molecule has 6 nitrogen and oxygen atoms in total. The van der Waals surface area contributed by atoms with Crippen LogP contribution in [0.2, 0.25) is 5.02 Å². The summed E-state index contributed by atoms with van der Waals surface area (Å²) >= 11 is 6.20. The zero-order chi connectivity index (χ0) is 15.6. The number of β-amino-alcohol motifs (C(OH)–C–C–N with tert-alkyl or cyclic N) is 1. The van der Waals surface area contributed by atoms with Crippen LogP contribution in [0, 0.1) is 0 Å². The van der Waals surface area contributed by atoms with Crippen LogP contribution in [-0.4, -0.2) is 60.4 Å². The van der Waals surface area contributed by atoms with Crippen molar-refractivity contribution in [3.8, 4) is 0 Å². The van der Waals surface area contributed by atoms with Gasteiger partial charge in [-0.05, 0) is 32.6 Å². The molecule has 0 radical (unpaired) electrons. The fourth-order valence-corrected chi connectivity index (χ4v) is 3.10. The van der Waals surface area contributed by atoms with Gasteiger partial charge in [0.25, 0.3) is 0 Å². The first-order valence-electron chi connectivity index (χ1n) is 6.80. The minimum atomic E-state index is -0.394. The van der Waals surface area contributed by atoms with Gasteiger partial charge in [-0.15, -0.1) is 0 Å². The molecular formula is C14H21ClN4O2. The molecule has 7 heteroatoms. The Hall–Kier alpha value is -1.50. The quantitative estimate of drug-likeness (QED) is 0.333. The minimum absolute atomic E-state index is 0.0272. The van der Waals surface area contributed by atoms with E-state index in [2.05, 4.69) is 15.0 Å². The molecule has 21 heavy (non-hydrogen) atoms. The van der Waals surface area contributed by atoms with E-state index in [4.69, 9.17) is 22.5 Å². The van der Waals surface area contributed by atoms with Crippen LogP contribution in [-0.2, 0) is 0 Å². The highest BCUT2D eigenvalue weighted by Crippen LogP contribution is 2.32. The molecule has 0 saturated carbocycles. The lowest BCUT2D eigenvalue weighted by atomic mass is 10.1. The van der Waals surface area contributed by atoms with E-state index >= 15 is 0 Å². The van der Waals surface area contributed by atoms with Gasteiger partial charge in [0.2, 0.25) is 0 Å². The second kappa shape index (κ2) is 6.51. The standard InChI is InChI=1S/C14H21ClN4O2/c1-18(2)7-9-6-10(20)8-19(9)12-5-3-4-11(15)13(12)14(16)17-21/h3-5,9-10,20-21H,6-8H2,1-2H3,(H2,16,17). The van der Waals surface area contributed by atoms with Crippen LogP contribution in [0.4, 0.5) is 5.69 Å². The van der Waals surface area contributed by atoms with Crippen LogP contribution in [0.1, 0.15) is 12.0 Å². The van der Waals surface area contributed by atoms with E-state index in [0.717, 1.165) is 12.2 Å². The Labute approximate surface area is 129 Å². The molecule has 0 aliphatic carbocycles. The average molecular weight is 313 g/mol. The van der Waals surface area contributed by atoms with Crippen LogP contribution in [0.5, 0.6) is 0 Å². The van der Waals surface area contributed by atoms with E-state index in [1.54, 1.807) is 6.07 Å². The average Bonchev–Trinajstić information content (AvgIpc) is 2.77. The Morgan fingerprint density at radius 2 is 2.24 bits per heavy atom. The Bertz CT molecular complexity index is 536. The number of hydrogen-bond acceptors (Lipinski definition) is 5. The van der Waals surface area contributed by atoms with Crippen LogP contribution >= 0.6 is 11.6 Å². The summed E-state index contributed by atoms with van der Waals surface area (Å²) in [7, 11) is 3.98. The zero-order valence-electron chi connectivity index (χ0n) is 12.2. The van der Waals surface area contributed by atoms with Gasteiger partial charge in [0, 0.05) is 24.8 Å². The van der Waals surface area contributed by atoms with Crippen molar-refractivity contribution in [2.75, 3.05) is 32.1 Å². The molecule has 2 atom stereocenters. The molecule has 1 aromatic rings. The molecule has 1 aliphatic heterocycles. The normalized spacial score (nSPS) is 23.1. The van der Waals surface area contributed by atoms with Crippen LogP contribution in [0.3, 0.4) is 0 Å². The first kappa shape index (κ1) is 15.9. The van der Waals surface area contributed by atoms with Gasteiger partial charge in [-0.25, -0.2) is 0 Å². The molecule has 0 amide bonds. The minimum Gasteiger partial charge on any atom is -0.409 e. The van der Waals surface area contributed by atoms with Gasteiger partial charge in [-0.2, -0.15) is 0 Å². The predicted molar refractivity (Wildman–Crippen MR) is 84.3 cm³/mol. The van der Waals surface area contributed by atoms with Crippen molar-refractivity contribution in [1.29, 1.82) is 0 Å². The molecule has 1 saturated heterocycles. The number of amidine groups is 1. The molecule has 1 aliphatic rings. The number of aliphatic hydroxyl groups is 1. The van der Waals surface area contributed by atoms with Crippen molar-refractivity contribution < 1.29 is 10.3 Å². The van der Waals surface area contributed by atoms with Crippen LogP contribution in [0.25, 0.3) is 0 Å². The summed E-state index contributed by atoms with van der Waals surface area (Å²) < 4.78 is 0. The number of aliphatic hydroxyl groups excluding tert-OH is 1. The first-order chi connectivity index (χ1) is 9.93. The number of rotatable bonds is 4. The summed E-state index contributed by atoms with van der Waals surface area (Å²) in [5.41, 5.74) is 7.04. The molecule has 0 spiro atoms. The van der Waals surface area contributed by atoms with E-state index in [0.29, 0.717) is 23.6 Å². The van der Waals surface area contributed by atoms with Gasteiger partial charge in [0.05, 0.1) is 16.7 Å². The lowest BCUT2D eigenvalue weighted by Crippen LogP contribution is -2.38. The highest BCUT2D eigenvalue weighted by molar-refractivity contribution is 6.34. The summed E-state index contributed by atoms with van der Waals surface area (Å²) in [5.74, 6) is -0.0272. The Balaban J connectivity index is 2.42. The van der Waals surface area contributed by atoms with Crippen molar-refractivity contribution in [1.82, 2.24) is 4.90 Å². The van der Waals surface area contributed by atoms with E-state index in [1.165, 1.54) is 0 Å². The molecule has 0 bridgehead atoms. The van der Waals surface area contributed by atoms with Crippen molar-refractivity contribution >= 4 is 23.1 Å². The molecule has 2 rings (SSSR count). The van der Waals surface area contributed by atoms with Crippen molar-refractivity contribution in [2.24, 2.45) is 10.9 Å². The lowest BCUT2D eigenvalue weighted by molar-refractivity contribution is 0.191. The number of benzene rings is 1. The summed E-state index contributed by atoms with van der Waals surface area (Å²) in [6.45, 7) is 1.31. The summed E-state index contributed by atoms with van der Waals surface area (Å²) in [6, 6.07) is 5.55. The zero-order valence-corrected chi connectivity index (χ0v) is 13.0. The highest BCUT2D eigenvalue weighted by atomic mass is 35.5. The molecule has 116 valence electrons. The van der Waals surface area contributed by atoms with E-state index in [1.807, 2.05) is 26.2 Å². The van der Waals surface area contributed by atoms with E-state index < -0.39 is 6.10 Å². The molecular weight excluding hydrogens is 292 g/mol. The molecule has 0 aromatic heterocycles. The van der Waals surface area contributed by atoms with Gasteiger partial charge in [-0.1, -0.05) is 22.8 Å². The van der Waals surface area contributed by atoms with Gasteiger partial charge in [0.15, 0.2) is 5.84 Å².